The van der Waals surface area contributed by atoms with E-state index in [4.69, 9.17) is 16.3 Å². The fourth-order valence-corrected chi connectivity index (χ4v) is 6.34. The molecule has 0 atom stereocenters. The standard InChI is InChI=1S/C12H14ClNO4S2/c13-9-3-4-10(19-9)20(16,17)14-7-8-18-11(15)12(14)5-1-2-6-12/h3-4H,1-2,5-8H2. The molecule has 5 nitrogen and oxygen atoms in total. The highest BCUT2D eigenvalue weighted by Gasteiger charge is 2.54. The van der Waals surface area contributed by atoms with Crippen LogP contribution in [0, 0.1) is 0 Å². The summed E-state index contributed by atoms with van der Waals surface area (Å²) >= 11 is 6.84. The first-order valence-electron chi connectivity index (χ1n) is 6.42. The van der Waals surface area contributed by atoms with Gasteiger partial charge in [0.2, 0.25) is 0 Å². The van der Waals surface area contributed by atoms with Crippen LogP contribution in [0.3, 0.4) is 0 Å². The highest BCUT2D eigenvalue weighted by molar-refractivity contribution is 7.91. The molecule has 1 saturated heterocycles. The minimum atomic E-state index is -3.70. The first-order chi connectivity index (χ1) is 9.47. The summed E-state index contributed by atoms with van der Waals surface area (Å²) in [5.41, 5.74) is -1.01. The van der Waals surface area contributed by atoms with E-state index in [1.165, 1.54) is 10.4 Å². The van der Waals surface area contributed by atoms with E-state index in [1.807, 2.05) is 0 Å². The van der Waals surface area contributed by atoms with E-state index in [0.29, 0.717) is 17.2 Å². The number of nitrogens with zero attached hydrogens (tertiary/aromatic N) is 1. The molecule has 3 rings (SSSR count). The van der Waals surface area contributed by atoms with Crippen molar-refractivity contribution in [2.75, 3.05) is 13.2 Å². The van der Waals surface area contributed by atoms with Gasteiger partial charge in [-0.1, -0.05) is 24.4 Å². The number of rotatable bonds is 2. The van der Waals surface area contributed by atoms with Gasteiger partial charge in [-0.2, -0.15) is 4.31 Å². The summed E-state index contributed by atoms with van der Waals surface area (Å²) in [6.07, 6.45) is 2.74. The van der Waals surface area contributed by atoms with E-state index < -0.39 is 21.5 Å². The van der Waals surface area contributed by atoms with Crippen LogP contribution in [-0.4, -0.2) is 37.4 Å². The molecule has 1 aromatic rings. The minimum Gasteiger partial charge on any atom is -0.463 e. The van der Waals surface area contributed by atoms with Crippen molar-refractivity contribution in [3.8, 4) is 0 Å². The first-order valence-corrected chi connectivity index (χ1v) is 9.06. The molecule has 0 radical (unpaired) electrons. The maximum absolute atomic E-state index is 12.8. The zero-order valence-electron chi connectivity index (χ0n) is 10.7. The van der Waals surface area contributed by atoms with Crippen molar-refractivity contribution in [1.82, 2.24) is 4.31 Å². The van der Waals surface area contributed by atoms with Crippen LogP contribution in [0.15, 0.2) is 16.3 Å². The lowest BCUT2D eigenvalue weighted by Crippen LogP contribution is -2.60. The van der Waals surface area contributed by atoms with Gasteiger partial charge in [0.05, 0.1) is 4.34 Å². The van der Waals surface area contributed by atoms with E-state index in [1.54, 1.807) is 6.07 Å². The number of carbonyl (C=O) groups excluding carboxylic acids is 1. The van der Waals surface area contributed by atoms with Crippen LogP contribution in [0.2, 0.25) is 4.34 Å². The van der Waals surface area contributed by atoms with Crippen molar-refractivity contribution in [2.24, 2.45) is 0 Å². The molecule has 1 spiro atoms. The summed E-state index contributed by atoms with van der Waals surface area (Å²) in [4.78, 5) is 12.2. The van der Waals surface area contributed by atoms with Crippen LogP contribution >= 0.6 is 22.9 Å². The first kappa shape index (κ1) is 14.3. The molecular formula is C12H14ClNO4S2. The fraction of sp³-hybridized carbons (Fsp3) is 0.583. The van der Waals surface area contributed by atoms with Gasteiger partial charge in [0.1, 0.15) is 16.4 Å². The number of hydrogen-bond donors (Lipinski definition) is 0. The number of hydrogen-bond acceptors (Lipinski definition) is 5. The van der Waals surface area contributed by atoms with E-state index in [2.05, 4.69) is 0 Å². The summed E-state index contributed by atoms with van der Waals surface area (Å²) in [5, 5.41) is 0. The quantitative estimate of drug-likeness (QED) is 0.778. The lowest BCUT2D eigenvalue weighted by Gasteiger charge is -2.40. The second-order valence-corrected chi connectivity index (χ2v) is 8.81. The molecule has 1 saturated carbocycles. The Balaban J connectivity index is 2.04. The van der Waals surface area contributed by atoms with Crippen LogP contribution in [0.1, 0.15) is 25.7 Å². The molecule has 0 unspecified atom stereocenters. The number of halogens is 1. The number of carbonyl (C=O) groups is 1. The Hall–Kier alpha value is -0.630. The zero-order valence-corrected chi connectivity index (χ0v) is 13.1. The van der Waals surface area contributed by atoms with Crippen molar-refractivity contribution in [2.45, 2.75) is 35.4 Å². The number of thiophene rings is 1. The minimum absolute atomic E-state index is 0.110. The predicted octanol–water partition coefficient (Wildman–Crippen LogP) is 2.26. The summed E-state index contributed by atoms with van der Waals surface area (Å²) in [7, 11) is -3.70. The van der Waals surface area contributed by atoms with Crippen molar-refractivity contribution in [1.29, 1.82) is 0 Å². The molecule has 1 aliphatic carbocycles. The molecular weight excluding hydrogens is 322 g/mol. The van der Waals surface area contributed by atoms with Crippen LogP contribution in [0.5, 0.6) is 0 Å². The third-order valence-corrected chi connectivity index (χ3v) is 7.57. The molecule has 2 fully saturated rings. The van der Waals surface area contributed by atoms with Gasteiger partial charge in [0, 0.05) is 6.54 Å². The van der Waals surface area contributed by atoms with Crippen molar-refractivity contribution in [3.63, 3.8) is 0 Å². The maximum atomic E-state index is 12.8. The highest BCUT2D eigenvalue weighted by Crippen LogP contribution is 2.42. The Kier molecular flexibility index (Phi) is 3.56. The molecule has 1 aliphatic heterocycles. The summed E-state index contributed by atoms with van der Waals surface area (Å²) < 4.78 is 32.6. The highest BCUT2D eigenvalue weighted by atomic mass is 35.5. The van der Waals surface area contributed by atoms with Crippen LogP contribution in [-0.2, 0) is 19.6 Å². The Morgan fingerprint density at radius 2 is 2.00 bits per heavy atom. The SMILES string of the molecule is O=C1OCCN(S(=O)(=O)c2ccc(Cl)s2)C12CCCC2. The maximum Gasteiger partial charge on any atom is 0.327 e. The van der Waals surface area contributed by atoms with Gasteiger partial charge in [-0.3, -0.25) is 4.79 Å². The monoisotopic (exact) mass is 335 g/mol. The van der Waals surface area contributed by atoms with E-state index in [0.717, 1.165) is 24.2 Å². The number of ether oxygens (including phenoxy) is 1. The molecule has 0 N–H and O–H groups in total. The normalized spacial score (nSPS) is 23.1. The topological polar surface area (TPSA) is 63.7 Å². The number of esters is 1. The molecule has 2 heterocycles. The number of cyclic esters (lactones) is 1. The second kappa shape index (κ2) is 4.98. The molecule has 0 aromatic carbocycles. The average molecular weight is 336 g/mol. The van der Waals surface area contributed by atoms with Crippen LogP contribution < -0.4 is 0 Å². The average Bonchev–Trinajstić information content (AvgIpc) is 3.03. The Morgan fingerprint density at radius 3 is 2.60 bits per heavy atom. The van der Waals surface area contributed by atoms with Gasteiger partial charge in [-0.15, -0.1) is 11.3 Å². The molecule has 20 heavy (non-hydrogen) atoms. The van der Waals surface area contributed by atoms with E-state index >= 15 is 0 Å². The van der Waals surface area contributed by atoms with Crippen LogP contribution in [0.25, 0.3) is 0 Å². The Bertz CT molecular complexity index is 634. The van der Waals surface area contributed by atoms with Crippen LogP contribution in [0.4, 0.5) is 0 Å². The molecule has 2 aliphatic rings. The summed E-state index contributed by atoms with van der Waals surface area (Å²) in [6.45, 7) is 0.322. The van der Waals surface area contributed by atoms with E-state index in [9.17, 15) is 13.2 Å². The predicted molar refractivity (Wildman–Crippen MR) is 75.4 cm³/mol. The van der Waals surface area contributed by atoms with E-state index in [-0.39, 0.29) is 17.4 Å². The third-order valence-electron chi connectivity index (χ3n) is 3.91. The Labute approximate surface area is 126 Å². The van der Waals surface area contributed by atoms with Gasteiger partial charge in [-0.05, 0) is 25.0 Å². The molecule has 1 aromatic heterocycles. The fourth-order valence-electron chi connectivity index (χ4n) is 2.98. The molecule has 0 bridgehead atoms. The molecule has 0 amide bonds. The largest absolute Gasteiger partial charge is 0.463 e. The molecule has 8 heteroatoms. The van der Waals surface area contributed by atoms with Crippen molar-refractivity contribution in [3.05, 3.63) is 16.5 Å². The Morgan fingerprint density at radius 1 is 1.30 bits per heavy atom. The molecule has 110 valence electrons. The van der Waals surface area contributed by atoms with Gasteiger partial charge < -0.3 is 4.74 Å². The summed E-state index contributed by atoms with van der Waals surface area (Å²) in [6, 6.07) is 3.05. The zero-order chi connectivity index (χ0) is 14.4. The van der Waals surface area contributed by atoms with Gasteiger partial charge in [0.25, 0.3) is 10.0 Å². The van der Waals surface area contributed by atoms with Gasteiger partial charge >= 0.3 is 5.97 Å². The van der Waals surface area contributed by atoms with Crippen molar-refractivity contribution >= 4 is 38.9 Å². The van der Waals surface area contributed by atoms with Gasteiger partial charge in [-0.25, -0.2) is 8.42 Å². The second-order valence-electron chi connectivity index (χ2n) is 5.01. The smallest absolute Gasteiger partial charge is 0.327 e. The lowest BCUT2D eigenvalue weighted by atomic mass is 9.97. The third kappa shape index (κ3) is 2.07. The number of sulfonamides is 1. The van der Waals surface area contributed by atoms with Crippen molar-refractivity contribution < 1.29 is 17.9 Å². The summed E-state index contributed by atoms with van der Waals surface area (Å²) in [5.74, 6) is -0.410. The number of morpholine rings is 1. The lowest BCUT2D eigenvalue weighted by molar-refractivity contribution is -0.162. The van der Waals surface area contributed by atoms with Gasteiger partial charge in [0.15, 0.2) is 0 Å².